The molecule has 0 radical (unpaired) electrons. The molecule has 0 aromatic carbocycles. The van der Waals surface area contributed by atoms with Crippen LogP contribution in [0.1, 0.15) is 6.42 Å². The molecule has 0 aromatic heterocycles. The SMILES string of the molecule is C=CC(OI1N[I-]1)C1CC(N=C)C(N)C(N)O1. The minimum atomic E-state index is -1.20. The van der Waals surface area contributed by atoms with E-state index in [1.165, 1.54) is 0 Å². The zero-order valence-corrected chi connectivity index (χ0v) is 13.6. The Morgan fingerprint density at radius 3 is 2.88 bits per heavy atom. The molecular formula is C9H17I2N4O2-. The second-order valence-electron chi connectivity index (χ2n) is 3.84. The van der Waals surface area contributed by atoms with Gasteiger partial charge in [-0.1, -0.05) is 0 Å². The number of nitrogens with zero attached hydrogens (tertiary/aromatic N) is 1. The number of hydrogen-bond acceptors (Lipinski definition) is 6. The van der Waals surface area contributed by atoms with Gasteiger partial charge in [0, 0.05) is 0 Å². The Labute approximate surface area is 116 Å². The van der Waals surface area contributed by atoms with Crippen molar-refractivity contribution in [1.82, 2.24) is 1.74 Å². The predicted molar refractivity (Wildman–Crippen MR) is 71.0 cm³/mol. The van der Waals surface area contributed by atoms with E-state index in [0.29, 0.717) is 6.42 Å². The van der Waals surface area contributed by atoms with E-state index in [1.54, 1.807) is 6.08 Å². The minimum absolute atomic E-state index is 0.0690. The van der Waals surface area contributed by atoms with Crippen LogP contribution in [0.2, 0.25) is 0 Å². The molecular weight excluding hydrogens is 450 g/mol. The molecule has 0 bridgehead atoms. The molecule has 2 aliphatic heterocycles. The van der Waals surface area contributed by atoms with Crippen LogP contribution in [-0.2, 0) is 7.80 Å². The Balaban J connectivity index is 1.98. The summed E-state index contributed by atoms with van der Waals surface area (Å²) in [7, 11) is 0. The zero-order valence-electron chi connectivity index (χ0n) is 9.26. The first-order valence-corrected chi connectivity index (χ1v) is 14.5. The van der Waals surface area contributed by atoms with Crippen molar-refractivity contribution < 1.29 is 25.3 Å². The molecule has 5 atom stereocenters. The molecule has 2 heterocycles. The standard InChI is InChI=1S/C9H17I2N4O2/c1-3-6(17-11-10-15-11)7-4-5(14-2)8(12)9(13)16-7/h3,5-9,15H,1-2,4,12-13H2/q-1. The van der Waals surface area contributed by atoms with Crippen molar-refractivity contribution >= 4 is 23.3 Å². The van der Waals surface area contributed by atoms with E-state index in [0.717, 1.165) is 0 Å². The van der Waals surface area contributed by atoms with Crippen LogP contribution in [0.25, 0.3) is 0 Å². The van der Waals surface area contributed by atoms with Gasteiger partial charge in [-0.25, -0.2) is 0 Å². The van der Waals surface area contributed by atoms with Crippen LogP contribution >= 0.6 is 16.5 Å². The normalized spacial score (nSPS) is 41.2. The topological polar surface area (TPSA) is 105 Å². The summed E-state index contributed by atoms with van der Waals surface area (Å²) in [6.45, 7) is 7.36. The molecule has 2 saturated heterocycles. The van der Waals surface area contributed by atoms with E-state index in [1.807, 2.05) is 0 Å². The van der Waals surface area contributed by atoms with Crippen molar-refractivity contribution in [3.05, 3.63) is 12.7 Å². The van der Waals surface area contributed by atoms with Gasteiger partial charge in [0.05, 0.1) is 0 Å². The van der Waals surface area contributed by atoms with Crippen molar-refractivity contribution in [2.24, 2.45) is 16.5 Å². The van der Waals surface area contributed by atoms with Gasteiger partial charge in [-0.3, -0.25) is 0 Å². The molecule has 0 spiro atoms. The van der Waals surface area contributed by atoms with Crippen LogP contribution in [0.5, 0.6) is 0 Å². The Hall–Kier alpha value is 0.670. The molecule has 2 aliphatic rings. The van der Waals surface area contributed by atoms with E-state index >= 15 is 0 Å². The first-order valence-electron chi connectivity index (χ1n) is 5.18. The maximum atomic E-state index is 5.92. The van der Waals surface area contributed by atoms with E-state index < -0.39 is 22.8 Å². The van der Waals surface area contributed by atoms with Gasteiger partial charge in [0.1, 0.15) is 0 Å². The van der Waals surface area contributed by atoms with E-state index in [9.17, 15) is 0 Å². The van der Waals surface area contributed by atoms with Gasteiger partial charge in [-0.2, -0.15) is 0 Å². The average Bonchev–Trinajstić information content (AvgIpc) is 3.13. The number of nitrogens with one attached hydrogen (secondary N) is 1. The van der Waals surface area contributed by atoms with Gasteiger partial charge in [0.25, 0.3) is 0 Å². The monoisotopic (exact) mass is 467 g/mol. The third kappa shape index (κ3) is 3.58. The van der Waals surface area contributed by atoms with Crippen molar-refractivity contribution in [3.8, 4) is 0 Å². The quantitative estimate of drug-likeness (QED) is 0.131. The zero-order chi connectivity index (χ0) is 12.4. The number of hydrogen-bond donors (Lipinski definition) is 3. The molecule has 100 valence electrons. The fraction of sp³-hybridized carbons (Fsp3) is 0.667. The Morgan fingerprint density at radius 1 is 1.65 bits per heavy atom. The van der Waals surface area contributed by atoms with Gasteiger partial charge in [0.2, 0.25) is 0 Å². The Kier molecular flexibility index (Phi) is 5.15. The first kappa shape index (κ1) is 14.1. The molecule has 0 aliphatic carbocycles. The van der Waals surface area contributed by atoms with Gasteiger partial charge < -0.3 is 0 Å². The summed E-state index contributed by atoms with van der Waals surface area (Å²) in [5.41, 5.74) is 11.8. The summed E-state index contributed by atoms with van der Waals surface area (Å²) in [5.74, 6) is 0. The maximum absolute atomic E-state index is 5.92. The molecule has 0 saturated carbocycles. The van der Waals surface area contributed by atoms with Crippen molar-refractivity contribution in [1.29, 1.82) is 0 Å². The number of nitrogens with two attached hydrogens (primary N) is 2. The second-order valence-corrected chi connectivity index (χ2v) is 16.8. The summed E-state index contributed by atoms with van der Waals surface area (Å²) < 4.78 is 14.9. The fourth-order valence-corrected chi connectivity index (χ4v) is 9.09. The molecule has 17 heavy (non-hydrogen) atoms. The number of halogens is 2. The summed E-state index contributed by atoms with van der Waals surface area (Å²) in [6.07, 6.45) is 1.76. The third-order valence-corrected chi connectivity index (χ3v) is 10.8. The van der Waals surface area contributed by atoms with Crippen LogP contribution in [0, 0.1) is 0 Å². The Morgan fingerprint density at radius 2 is 2.35 bits per heavy atom. The summed E-state index contributed by atoms with van der Waals surface area (Å²) >= 11 is -1.04. The average molecular weight is 467 g/mol. The van der Waals surface area contributed by atoms with Crippen LogP contribution < -0.4 is 30.7 Å². The summed E-state index contributed by atoms with van der Waals surface area (Å²) in [5, 5.41) is 0. The number of rotatable bonds is 5. The fourth-order valence-electron chi connectivity index (χ4n) is 1.75. The van der Waals surface area contributed by atoms with Gasteiger partial charge in [-0.15, -0.1) is 0 Å². The second kappa shape index (κ2) is 6.21. The third-order valence-electron chi connectivity index (χ3n) is 2.77. The predicted octanol–water partition coefficient (Wildman–Crippen LogP) is -3.11. The first-order chi connectivity index (χ1) is 8.15. The van der Waals surface area contributed by atoms with E-state index in [2.05, 4.69) is 20.0 Å². The van der Waals surface area contributed by atoms with Crippen molar-refractivity contribution in [2.75, 3.05) is 0 Å². The van der Waals surface area contributed by atoms with Gasteiger partial charge in [-0.05, 0) is 0 Å². The molecule has 5 N–H and O–H groups in total. The van der Waals surface area contributed by atoms with Crippen LogP contribution in [-0.4, -0.2) is 37.2 Å². The summed E-state index contributed by atoms with van der Waals surface area (Å²) in [6, 6.07) is -0.361. The van der Waals surface area contributed by atoms with Crippen LogP contribution in [0.15, 0.2) is 17.6 Å². The molecule has 0 amide bonds. The molecule has 8 heteroatoms. The van der Waals surface area contributed by atoms with Crippen LogP contribution in [0.4, 0.5) is 0 Å². The van der Waals surface area contributed by atoms with Crippen molar-refractivity contribution in [2.45, 2.75) is 36.9 Å². The number of ether oxygens (including phenoxy) is 1. The van der Waals surface area contributed by atoms with E-state index in [4.69, 9.17) is 19.3 Å². The van der Waals surface area contributed by atoms with Gasteiger partial charge >= 0.3 is 116 Å². The molecule has 2 rings (SSSR count). The molecule has 2 fully saturated rings. The molecule has 5 unspecified atom stereocenters. The van der Waals surface area contributed by atoms with Crippen molar-refractivity contribution in [3.63, 3.8) is 0 Å². The molecule has 0 aromatic rings. The van der Waals surface area contributed by atoms with Crippen LogP contribution in [0.3, 0.4) is 0 Å². The van der Waals surface area contributed by atoms with E-state index in [-0.39, 0.29) is 41.8 Å². The summed E-state index contributed by atoms with van der Waals surface area (Å²) in [4.78, 5) is 4.02. The number of aliphatic imine (C=N–C) groups is 1. The Bertz CT molecular complexity index is 303. The molecule has 6 nitrogen and oxygen atoms in total. The van der Waals surface area contributed by atoms with Gasteiger partial charge in [0.15, 0.2) is 0 Å².